The molecule has 1 fully saturated rings. The lowest BCUT2D eigenvalue weighted by molar-refractivity contribution is -0.118. The second-order valence-electron chi connectivity index (χ2n) is 5.95. The number of rotatable bonds is 6. The molecular weight excluding hydrogens is 212 g/mol. The number of nitrogens with zero attached hydrogens (tertiary/aromatic N) is 1. The zero-order valence-corrected chi connectivity index (χ0v) is 12.1. The van der Waals surface area contributed by atoms with E-state index in [-0.39, 0.29) is 11.1 Å². The predicted molar refractivity (Wildman–Crippen MR) is 73.2 cm³/mol. The van der Waals surface area contributed by atoms with Crippen LogP contribution >= 0.6 is 0 Å². The van der Waals surface area contributed by atoms with Crippen molar-refractivity contribution in [2.45, 2.75) is 64.5 Å². The SMILES string of the molecule is CCCN(CCC)C1(CN)CCOC(C)(C)C1. The number of hydrogen-bond acceptors (Lipinski definition) is 3. The molecule has 102 valence electrons. The minimum atomic E-state index is -0.0304. The fraction of sp³-hybridized carbons (Fsp3) is 1.00. The van der Waals surface area contributed by atoms with Gasteiger partial charge in [0.2, 0.25) is 0 Å². The molecule has 0 aromatic rings. The van der Waals surface area contributed by atoms with Gasteiger partial charge in [0.15, 0.2) is 0 Å². The first-order chi connectivity index (χ1) is 7.99. The van der Waals surface area contributed by atoms with E-state index in [1.807, 2.05) is 0 Å². The Hall–Kier alpha value is -0.120. The first-order valence-corrected chi connectivity index (χ1v) is 7.09. The Bertz CT molecular complexity index is 224. The molecule has 1 saturated heterocycles. The lowest BCUT2D eigenvalue weighted by Gasteiger charge is -2.50. The average Bonchev–Trinajstić information content (AvgIpc) is 2.27. The monoisotopic (exact) mass is 242 g/mol. The third kappa shape index (κ3) is 3.67. The quantitative estimate of drug-likeness (QED) is 0.777. The fourth-order valence-corrected chi connectivity index (χ4v) is 3.15. The van der Waals surface area contributed by atoms with E-state index in [0.29, 0.717) is 0 Å². The minimum absolute atomic E-state index is 0.0304. The maximum absolute atomic E-state index is 6.12. The van der Waals surface area contributed by atoms with Gasteiger partial charge in [-0.3, -0.25) is 4.90 Å². The van der Waals surface area contributed by atoms with Gasteiger partial charge >= 0.3 is 0 Å². The van der Waals surface area contributed by atoms with Crippen LogP contribution in [0.2, 0.25) is 0 Å². The van der Waals surface area contributed by atoms with E-state index in [9.17, 15) is 0 Å². The van der Waals surface area contributed by atoms with E-state index in [0.717, 1.165) is 39.1 Å². The number of nitrogens with two attached hydrogens (primary N) is 1. The van der Waals surface area contributed by atoms with E-state index in [1.165, 1.54) is 12.8 Å². The highest BCUT2D eigenvalue weighted by atomic mass is 16.5. The standard InChI is InChI=1S/C14H30N2O/c1-5-8-16(9-6-2)14(12-15)7-10-17-13(3,4)11-14/h5-12,15H2,1-4H3. The normalized spacial score (nSPS) is 28.6. The summed E-state index contributed by atoms with van der Waals surface area (Å²) in [6.07, 6.45) is 4.52. The molecule has 1 aliphatic rings. The maximum Gasteiger partial charge on any atom is 0.0644 e. The Morgan fingerprint density at radius 1 is 1.18 bits per heavy atom. The van der Waals surface area contributed by atoms with Gasteiger partial charge in [-0.25, -0.2) is 0 Å². The summed E-state index contributed by atoms with van der Waals surface area (Å²) >= 11 is 0. The van der Waals surface area contributed by atoms with Crippen molar-refractivity contribution in [3.63, 3.8) is 0 Å². The molecule has 3 nitrogen and oxygen atoms in total. The molecule has 3 heteroatoms. The molecule has 2 N–H and O–H groups in total. The number of hydrogen-bond donors (Lipinski definition) is 1. The fourth-order valence-electron chi connectivity index (χ4n) is 3.15. The molecule has 1 unspecified atom stereocenters. The molecule has 0 amide bonds. The van der Waals surface area contributed by atoms with Crippen LogP contribution in [0.4, 0.5) is 0 Å². The summed E-state index contributed by atoms with van der Waals surface area (Å²) in [5, 5.41) is 0. The Balaban J connectivity index is 2.83. The van der Waals surface area contributed by atoms with Crippen LogP contribution in [0.25, 0.3) is 0 Å². The van der Waals surface area contributed by atoms with Gasteiger partial charge in [0, 0.05) is 18.7 Å². The first kappa shape index (κ1) is 14.9. The largest absolute Gasteiger partial charge is 0.375 e. The van der Waals surface area contributed by atoms with E-state index in [1.54, 1.807) is 0 Å². The van der Waals surface area contributed by atoms with Crippen LogP contribution in [0.3, 0.4) is 0 Å². The second kappa shape index (κ2) is 6.17. The van der Waals surface area contributed by atoms with Gasteiger partial charge in [-0.05, 0) is 52.6 Å². The van der Waals surface area contributed by atoms with Crippen molar-refractivity contribution in [1.82, 2.24) is 4.90 Å². The van der Waals surface area contributed by atoms with Crippen molar-refractivity contribution in [1.29, 1.82) is 0 Å². The van der Waals surface area contributed by atoms with Crippen LogP contribution < -0.4 is 5.73 Å². The molecule has 17 heavy (non-hydrogen) atoms. The Morgan fingerprint density at radius 2 is 1.76 bits per heavy atom. The van der Waals surface area contributed by atoms with Gasteiger partial charge in [-0.1, -0.05) is 13.8 Å². The van der Waals surface area contributed by atoms with Crippen molar-refractivity contribution in [3.05, 3.63) is 0 Å². The van der Waals surface area contributed by atoms with E-state index in [4.69, 9.17) is 10.5 Å². The van der Waals surface area contributed by atoms with Gasteiger partial charge in [0.1, 0.15) is 0 Å². The van der Waals surface area contributed by atoms with Crippen LogP contribution in [0.15, 0.2) is 0 Å². The van der Waals surface area contributed by atoms with Crippen molar-refractivity contribution in [2.75, 3.05) is 26.2 Å². The maximum atomic E-state index is 6.12. The van der Waals surface area contributed by atoms with E-state index < -0.39 is 0 Å². The van der Waals surface area contributed by atoms with E-state index >= 15 is 0 Å². The van der Waals surface area contributed by atoms with Crippen molar-refractivity contribution >= 4 is 0 Å². The van der Waals surface area contributed by atoms with Gasteiger partial charge in [-0.2, -0.15) is 0 Å². The molecule has 0 spiro atoms. The molecule has 0 saturated carbocycles. The molecule has 0 radical (unpaired) electrons. The van der Waals surface area contributed by atoms with Crippen LogP contribution in [-0.2, 0) is 4.74 Å². The Morgan fingerprint density at radius 3 is 2.18 bits per heavy atom. The van der Waals surface area contributed by atoms with Crippen LogP contribution in [0.5, 0.6) is 0 Å². The molecule has 0 aromatic heterocycles. The molecule has 1 aliphatic heterocycles. The molecule has 0 aliphatic carbocycles. The van der Waals surface area contributed by atoms with Crippen LogP contribution in [0, 0.1) is 0 Å². The first-order valence-electron chi connectivity index (χ1n) is 7.09. The summed E-state index contributed by atoms with van der Waals surface area (Å²) in [5.74, 6) is 0. The lowest BCUT2D eigenvalue weighted by Crippen LogP contribution is -2.60. The smallest absolute Gasteiger partial charge is 0.0644 e. The second-order valence-corrected chi connectivity index (χ2v) is 5.95. The molecular formula is C14H30N2O. The third-order valence-corrected chi connectivity index (χ3v) is 3.85. The number of ether oxygens (including phenoxy) is 1. The highest BCUT2D eigenvalue weighted by Gasteiger charge is 2.43. The summed E-state index contributed by atoms with van der Waals surface area (Å²) in [6.45, 7) is 12.8. The summed E-state index contributed by atoms with van der Waals surface area (Å²) in [5.41, 5.74) is 6.25. The van der Waals surface area contributed by atoms with Gasteiger partial charge in [-0.15, -0.1) is 0 Å². The van der Waals surface area contributed by atoms with Crippen molar-refractivity contribution in [3.8, 4) is 0 Å². The van der Waals surface area contributed by atoms with Crippen molar-refractivity contribution < 1.29 is 4.74 Å². The summed E-state index contributed by atoms with van der Waals surface area (Å²) in [6, 6.07) is 0. The highest BCUT2D eigenvalue weighted by molar-refractivity contribution is 4.99. The molecule has 0 aromatic carbocycles. The molecule has 1 heterocycles. The predicted octanol–water partition coefficient (Wildman–Crippen LogP) is 2.39. The third-order valence-electron chi connectivity index (χ3n) is 3.85. The molecule has 1 atom stereocenters. The average molecular weight is 242 g/mol. The molecule has 1 rings (SSSR count). The minimum Gasteiger partial charge on any atom is -0.375 e. The van der Waals surface area contributed by atoms with Gasteiger partial charge in [0.25, 0.3) is 0 Å². The zero-order chi connectivity index (χ0) is 12.9. The van der Waals surface area contributed by atoms with Crippen LogP contribution in [0.1, 0.15) is 53.4 Å². The zero-order valence-electron chi connectivity index (χ0n) is 12.1. The summed E-state index contributed by atoms with van der Waals surface area (Å²) < 4.78 is 5.85. The summed E-state index contributed by atoms with van der Waals surface area (Å²) in [7, 11) is 0. The van der Waals surface area contributed by atoms with Crippen molar-refractivity contribution in [2.24, 2.45) is 5.73 Å². The lowest BCUT2D eigenvalue weighted by atomic mass is 9.79. The topological polar surface area (TPSA) is 38.5 Å². The van der Waals surface area contributed by atoms with E-state index in [2.05, 4.69) is 32.6 Å². The van der Waals surface area contributed by atoms with Gasteiger partial charge in [0.05, 0.1) is 5.60 Å². The highest BCUT2D eigenvalue weighted by Crippen LogP contribution is 2.36. The van der Waals surface area contributed by atoms with Gasteiger partial charge < -0.3 is 10.5 Å². The Kier molecular flexibility index (Phi) is 5.42. The van der Waals surface area contributed by atoms with Crippen LogP contribution in [-0.4, -0.2) is 42.3 Å². The Labute approximate surface area is 107 Å². The molecule has 0 bridgehead atoms. The summed E-state index contributed by atoms with van der Waals surface area (Å²) in [4.78, 5) is 2.61.